The molecule has 0 saturated carbocycles. The maximum Gasteiger partial charge on any atom is 0.0948 e. The molecule has 4 heteroatoms. The highest BCUT2D eigenvalue weighted by Crippen LogP contribution is 2.29. The van der Waals surface area contributed by atoms with E-state index in [1.165, 1.54) is 24.3 Å². The van der Waals surface area contributed by atoms with E-state index in [0.717, 1.165) is 11.8 Å². The zero-order chi connectivity index (χ0) is 12.3. The molecule has 2 N–H and O–H groups in total. The fourth-order valence-corrected chi connectivity index (χ4v) is 3.80. The molecule has 0 aliphatic carbocycles. The summed E-state index contributed by atoms with van der Waals surface area (Å²) in [6.45, 7) is 6.28. The highest BCUT2D eigenvalue weighted by atomic mass is 32.2. The largest absolute Gasteiger partial charge is 0.333 e. The Morgan fingerprint density at radius 3 is 3.00 bits per heavy atom. The van der Waals surface area contributed by atoms with Crippen LogP contribution in [0.3, 0.4) is 0 Å². The van der Waals surface area contributed by atoms with Crippen LogP contribution in [0.15, 0.2) is 12.5 Å². The summed E-state index contributed by atoms with van der Waals surface area (Å²) in [5, 5.41) is 0.772. The second kappa shape index (κ2) is 5.91. The van der Waals surface area contributed by atoms with E-state index in [1.54, 1.807) is 0 Å². The molecule has 2 rings (SSSR count). The minimum atomic E-state index is 0.434. The van der Waals surface area contributed by atoms with Crippen LogP contribution in [-0.2, 0) is 6.54 Å². The number of imidazole rings is 1. The zero-order valence-corrected chi connectivity index (χ0v) is 11.6. The summed E-state index contributed by atoms with van der Waals surface area (Å²) < 4.78 is 2.32. The lowest BCUT2D eigenvalue weighted by Gasteiger charge is -2.22. The average Bonchev–Trinajstić information content (AvgIpc) is 2.92. The van der Waals surface area contributed by atoms with Crippen molar-refractivity contribution in [2.45, 2.75) is 44.4 Å². The molecule has 1 fully saturated rings. The van der Waals surface area contributed by atoms with Gasteiger partial charge in [0.05, 0.1) is 6.33 Å². The monoisotopic (exact) mass is 253 g/mol. The summed E-state index contributed by atoms with van der Waals surface area (Å²) in [6, 6.07) is 0. The third kappa shape index (κ3) is 3.05. The molecule has 1 aromatic rings. The molecule has 17 heavy (non-hydrogen) atoms. The van der Waals surface area contributed by atoms with Gasteiger partial charge in [0.25, 0.3) is 0 Å². The maximum absolute atomic E-state index is 5.90. The van der Waals surface area contributed by atoms with Crippen LogP contribution in [-0.4, -0.2) is 27.1 Å². The van der Waals surface area contributed by atoms with Gasteiger partial charge in [-0.2, -0.15) is 11.8 Å². The highest BCUT2D eigenvalue weighted by molar-refractivity contribution is 8.00. The summed E-state index contributed by atoms with van der Waals surface area (Å²) in [5.74, 6) is 2.33. The van der Waals surface area contributed by atoms with Gasteiger partial charge in [0.1, 0.15) is 0 Å². The minimum Gasteiger partial charge on any atom is -0.333 e. The Bertz CT molecular complexity index is 342. The summed E-state index contributed by atoms with van der Waals surface area (Å²) >= 11 is 2.10. The van der Waals surface area contributed by atoms with Gasteiger partial charge in [-0.1, -0.05) is 13.8 Å². The van der Waals surface area contributed by atoms with Crippen molar-refractivity contribution in [3.63, 3.8) is 0 Å². The quantitative estimate of drug-likeness (QED) is 0.876. The van der Waals surface area contributed by atoms with Crippen LogP contribution in [0, 0.1) is 5.92 Å². The second-order valence-corrected chi connectivity index (χ2v) is 6.60. The molecule has 1 aliphatic rings. The summed E-state index contributed by atoms with van der Waals surface area (Å²) in [5.41, 5.74) is 7.21. The van der Waals surface area contributed by atoms with Crippen LogP contribution >= 0.6 is 11.8 Å². The molecule has 2 atom stereocenters. The maximum atomic E-state index is 5.90. The molecule has 96 valence electrons. The normalized spacial score (nSPS) is 22.2. The first-order chi connectivity index (χ1) is 8.22. The fourth-order valence-electron chi connectivity index (χ4n) is 2.53. The predicted molar refractivity (Wildman–Crippen MR) is 74.3 cm³/mol. The molecule has 2 unspecified atom stereocenters. The Kier molecular flexibility index (Phi) is 4.51. The van der Waals surface area contributed by atoms with Crippen molar-refractivity contribution in [1.29, 1.82) is 0 Å². The lowest BCUT2D eigenvalue weighted by atomic mass is 9.93. The molecular weight excluding hydrogens is 230 g/mol. The van der Waals surface area contributed by atoms with Crippen molar-refractivity contribution in [3.05, 3.63) is 18.2 Å². The molecule has 1 aliphatic heterocycles. The molecule has 3 nitrogen and oxygen atoms in total. The van der Waals surface area contributed by atoms with Crippen LogP contribution in [0.4, 0.5) is 0 Å². The van der Waals surface area contributed by atoms with Crippen molar-refractivity contribution in [2.24, 2.45) is 11.7 Å². The number of nitrogens with zero attached hydrogens (tertiary/aromatic N) is 2. The summed E-state index contributed by atoms with van der Waals surface area (Å²) in [7, 11) is 0. The Hall–Kier alpha value is -0.480. The fraction of sp³-hybridized carbons (Fsp3) is 0.769. The Labute approximate surface area is 108 Å². The minimum absolute atomic E-state index is 0.434. The SMILES string of the molecule is CC(C)C(CN)c1cncn1CC1CCCS1. The molecule has 1 saturated heterocycles. The molecule has 1 aromatic heterocycles. The second-order valence-electron chi connectivity index (χ2n) is 5.19. The van der Waals surface area contributed by atoms with Crippen LogP contribution in [0.5, 0.6) is 0 Å². The van der Waals surface area contributed by atoms with E-state index in [4.69, 9.17) is 5.73 Å². The van der Waals surface area contributed by atoms with Gasteiger partial charge in [-0.05, 0) is 24.5 Å². The van der Waals surface area contributed by atoms with Gasteiger partial charge in [-0.25, -0.2) is 4.98 Å². The molecule has 0 amide bonds. The van der Waals surface area contributed by atoms with Crippen molar-refractivity contribution in [2.75, 3.05) is 12.3 Å². The first kappa shape index (κ1) is 13.0. The Morgan fingerprint density at radius 1 is 1.59 bits per heavy atom. The van der Waals surface area contributed by atoms with E-state index in [9.17, 15) is 0 Å². The van der Waals surface area contributed by atoms with E-state index in [1.807, 2.05) is 12.5 Å². The Morgan fingerprint density at radius 2 is 2.41 bits per heavy atom. The van der Waals surface area contributed by atoms with Crippen LogP contribution in [0.2, 0.25) is 0 Å². The van der Waals surface area contributed by atoms with Crippen molar-refractivity contribution < 1.29 is 0 Å². The first-order valence-electron chi connectivity index (χ1n) is 6.54. The van der Waals surface area contributed by atoms with E-state index in [0.29, 0.717) is 18.4 Å². The van der Waals surface area contributed by atoms with Crippen molar-refractivity contribution >= 4 is 11.8 Å². The standard InChI is InChI=1S/C13H23N3S/c1-10(2)12(6-14)13-7-15-9-16(13)8-11-4-3-5-17-11/h7,9-12H,3-6,8,14H2,1-2H3. The van der Waals surface area contributed by atoms with E-state index >= 15 is 0 Å². The van der Waals surface area contributed by atoms with Crippen LogP contribution in [0.25, 0.3) is 0 Å². The van der Waals surface area contributed by atoms with E-state index in [2.05, 4.69) is 35.2 Å². The lowest BCUT2D eigenvalue weighted by Crippen LogP contribution is -2.22. The number of thioether (sulfide) groups is 1. The van der Waals surface area contributed by atoms with Crippen LogP contribution < -0.4 is 5.73 Å². The average molecular weight is 253 g/mol. The van der Waals surface area contributed by atoms with Gasteiger partial charge < -0.3 is 10.3 Å². The molecule has 0 bridgehead atoms. The van der Waals surface area contributed by atoms with Gasteiger partial charge in [0.15, 0.2) is 0 Å². The first-order valence-corrected chi connectivity index (χ1v) is 7.59. The van der Waals surface area contributed by atoms with Gasteiger partial charge in [0.2, 0.25) is 0 Å². The lowest BCUT2D eigenvalue weighted by molar-refractivity contribution is 0.468. The zero-order valence-electron chi connectivity index (χ0n) is 10.8. The van der Waals surface area contributed by atoms with Gasteiger partial charge in [-0.15, -0.1) is 0 Å². The number of nitrogens with two attached hydrogens (primary N) is 1. The molecule has 0 spiro atoms. The van der Waals surface area contributed by atoms with Crippen molar-refractivity contribution in [1.82, 2.24) is 9.55 Å². The van der Waals surface area contributed by atoms with Gasteiger partial charge in [-0.3, -0.25) is 0 Å². The van der Waals surface area contributed by atoms with E-state index < -0.39 is 0 Å². The number of aromatic nitrogens is 2. The predicted octanol–water partition coefficient (Wildman–Crippen LogP) is 2.48. The van der Waals surface area contributed by atoms with Gasteiger partial charge in [0, 0.05) is 36.1 Å². The van der Waals surface area contributed by atoms with Gasteiger partial charge >= 0.3 is 0 Å². The smallest absolute Gasteiger partial charge is 0.0948 e. The van der Waals surface area contributed by atoms with Crippen LogP contribution in [0.1, 0.15) is 38.3 Å². The Balaban J connectivity index is 2.09. The third-order valence-corrected chi connectivity index (χ3v) is 4.99. The summed E-state index contributed by atoms with van der Waals surface area (Å²) in [4.78, 5) is 4.31. The number of hydrogen-bond acceptors (Lipinski definition) is 3. The number of hydrogen-bond donors (Lipinski definition) is 1. The molecular formula is C13H23N3S. The topological polar surface area (TPSA) is 43.8 Å². The van der Waals surface area contributed by atoms with E-state index in [-0.39, 0.29) is 0 Å². The molecule has 0 radical (unpaired) electrons. The van der Waals surface area contributed by atoms with Crippen molar-refractivity contribution in [3.8, 4) is 0 Å². The third-order valence-electron chi connectivity index (χ3n) is 3.61. The summed E-state index contributed by atoms with van der Waals surface area (Å²) in [6.07, 6.45) is 6.68. The molecule has 0 aromatic carbocycles. The molecule has 2 heterocycles. The number of rotatable bonds is 5. The highest BCUT2D eigenvalue weighted by Gasteiger charge is 2.21.